The summed E-state index contributed by atoms with van der Waals surface area (Å²) < 4.78 is 48.7. The van der Waals surface area contributed by atoms with Crippen molar-refractivity contribution in [3.05, 3.63) is 12.0 Å². The van der Waals surface area contributed by atoms with Crippen LogP contribution in [-0.4, -0.2) is 54.4 Å². The third-order valence-electron chi connectivity index (χ3n) is 3.37. The summed E-state index contributed by atoms with van der Waals surface area (Å²) in [5.41, 5.74) is -2.92. The Balaban J connectivity index is 2.17. The molecule has 2 aliphatic heterocycles. The Kier molecular flexibility index (Phi) is 3.53. The number of carboxylic acid groups (broad SMARTS) is 1. The van der Waals surface area contributed by atoms with Crippen LogP contribution in [0, 0.1) is 5.41 Å². The van der Waals surface area contributed by atoms with Crippen molar-refractivity contribution in [3.8, 4) is 0 Å². The fraction of sp³-hybridized carbons (Fsp3) is 0.636. The number of likely N-dealkylation sites (tertiary alicyclic amines) is 1. The van der Waals surface area contributed by atoms with Crippen LogP contribution in [0.15, 0.2) is 12.0 Å². The Morgan fingerprint density at radius 1 is 1.35 bits per heavy atom. The Hall–Kier alpha value is -1.93. The minimum Gasteiger partial charge on any atom is -0.494 e. The number of carbonyl (C=O) groups is 2. The Morgan fingerprint density at radius 3 is 2.50 bits per heavy atom. The summed E-state index contributed by atoms with van der Waals surface area (Å²) in [7, 11) is 0. The minimum atomic E-state index is -4.92. The van der Waals surface area contributed by atoms with E-state index < -0.39 is 36.4 Å². The second kappa shape index (κ2) is 4.88. The lowest BCUT2D eigenvalue weighted by Crippen LogP contribution is -2.48. The first-order valence-electron chi connectivity index (χ1n) is 5.82. The van der Waals surface area contributed by atoms with E-state index in [4.69, 9.17) is 14.6 Å². The molecule has 6 nitrogen and oxygen atoms in total. The van der Waals surface area contributed by atoms with Gasteiger partial charge < -0.3 is 19.5 Å². The highest BCUT2D eigenvalue weighted by Crippen LogP contribution is 2.46. The van der Waals surface area contributed by atoms with Gasteiger partial charge in [0.25, 0.3) is 5.91 Å². The van der Waals surface area contributed by atoms with Crippen LogP contribution < -0.4 is 0 Å². The van der Waals surface area contributed by atoms with Gasteiger partial charge in [-0.2, -0.15) is 13.2 Å². The van der Waals surface area contributed by atoms with Crippen LogP contribution in [0.3, 0.4) is 0 Å². The summed E-state index contributed by atoms with van der Waals surface area (Å²) in [6.45, 7) is -0.857. The van der Waals surface area contributed by atoms with E-state index in [1.54, 1.807) is 0 Å². The highest BCUT2D eigenvalue weighted by atomic mass is 19.4. The normalized spacial score (nSPS) is 26.6. The minimum absolute atomic E-state index is 0.120. The second-order valence-electron chi connectivity index (χ2n) is 4.56. The molecule has 0 radical (unpaired) electrons. The fourth-order valence-corrected chi connectivity index (χ4v) is 2.15. The van der Waals surface area contributed by atoms with Gasteiger partial charge in [0.2, 0.25) is 5.76 Å². The Bertz CT molecular complexity index is 461. The van der Waals surface area contributed by atoms with Crippen molar-refractivity contribution in [2.75, 3.05) is 26.3 Å². The summed E-state index contributed by atoms with van der Waals surface area (Å²) >= 11 is 0. The molecule has 1 amide bonds. The number of rotatable bonds is 2. The maximum absolute atomic E-state index is 13.0. The molecule has 0 spiro atoms. The Morgan fingerprint density at radius 2 is 2.05 bits per heavy atom. The average Bonchev–Trinajstić information content (AvgIpc) is 2.85. The molecule has 0 aliphatic carbocycles. The molecule has 0 aromatic rings. The molecule has 2 rings (SSSR count). The monoisotopic (exact) mass is 295 g/mol. The first-order chi connectivity index (χ1) is 9.28. The second-order valence-corrected chi connectivity index (χ2v) is 4.56. The molecule has 0 aromatic carbocycles. The third kappa shape index (κ3) is 2.27. The molecule has 0 saturated carbocycles. The van der Waals surface area contributed by atoms with E-state index in [9.17, 15) is 22.8 Å². The smallest absolute Gasteiger partial charge is 0.406 e. The van der Waals surface area contributed by atoms with Gasteiger partial charge in [0.15, 0.2) is 5.41 Å². The molecular formula is C11H12F3NO5. The summed E-state index contributed by atoms with van der Waals surface area (Å²) in [5.74, 6) is -2.98. The SMILES string of the molecule is O=C(C1=COCCO1)N1CCC(C(=O)O)(C(F)(F)F)C1. The number of ether oxygens (including phenoxy) is 2. The molecule has 1 saturated heterocycles. The quantitative estimate of drug-likeness (QED) is 0.813. The summed E-state index contributed by atoms with van der Waals surface area (Å²) in [5, 5.41) is 8.88. The molecule has 0 bridgehead atoms. The van der Waals surface area contributed by atoms with Crippen LogP contribution in [0.25, 0.3) is 0 Å². The van der Waals surface area contributed by atoms with Gasteiger partial charge in [0.05, 0.1) is 0 Å². The van der Waals surface area contributed by atoms with Gasteiger partial charge in [-0.1, -0.05) is 0 Å². The van der Waals surface area contributed by atoms with E-state index in [-0.39, 0.29) is 25.5 Å². The lowest BCUT2D eigenvalue weighted by Gasteiger charge is -2.27. The van der Waals surface area contributed by atoms with Gasteiger partial charge in [0.1, 0.15) is 19.5 Å². The van der Waals surface area contributed by atoms with Gasteiger partial charge in [-0.3, -0.25) is 9.59 Å². The zero-order valence-corrected chi connectivity index (χ0v) is 10.3. The van der Waals surface area contributed by atoms with Crippen molar-refractivity contribution in [2.24, 2.45) is 5.41 Å². The molecule has 112 valence electrons. The molecule has 1 atom stereocenters. The summed E-state index contributed by atoms with van der Waals surface area (Å²) in [4.78, 5) is 23.7. The number of hydrogen-bond donors (Lipinski definition) is 1. The number of halogens is 3. The number of amides is 1. The molecule has 20 heavy (non-hydrogen) atoms. The topological polar surface area (TPSA) is 76.1 Å². The Labute approximate surface area is 111 Å². The highest BCUT2D eigenvalue weighted by molar-refractivity contribution is 5.92. The summed E-state index contributed by atoms with van der Waals surface area (Å²) in [6.07, 6.45) is -4.57. The highest BCUT2D eigenvalue weighted by Gasteiger charge is 2.64. The maximum atomic E-state index is 13.0. The largest absolute Gasteiger partial charge is 0.494 e. The zero-order valence-electron chi connectivity index (χ0n) is 10.3. The number of aliphatic carboxylic acids is 1. The predicted octanol–water partition coefficient (Wildman–Crippen LogP) is 0.740. The number of nitrogens with zero attached hydrogens (tertiary/aromatic N) is 1. The van der Waals surface area contributed by atoms with E-state index in [2.05, 4.69) is 0 Å². The number of hydrogen-bond acceptors (Lipinski definition) is 4. The number of alkyl halides is 3. The van der Waals surface area contributed by atoms with Gasteiger partial charge in [0, 0.05) is 13.1 Å². The van der Waals surface area contributed by atoms with E-state index in [1.807, 2.05) is 0 Å². The lowest BCUT2D eigenvalue weighted by atomic mass is 9.86. The zero-order chi connectivity index (χ0) is 15.0. The van der Waals surface area contributed by atoms with E-state index in [0.29, 0.717) is 0 Å². The van der Waals surface area contributed by atoms with Crippen molar-refractivity contribution < 1.29 is 37.3 Å². The van der Waals surface area contributed by atoms with Crippen molar-refractivity contribution in [1.82, 2.24) is 4.90 Å². The van der Waals surface area contributed by atoms with Crippen LogP contribution in [-0.2, 0) is 19.1 Å². The van der Waals surface area contributed by atoms with Gasteiger partial charge in [-0.15, -0.1) is 0 Å². The molecule has 2 heterocycles. The van der Waals surface area contributed by atoms with Gasteiger partial charge in [-0.25, -0.2) is 0 Å². The number of carboxylic acids is 1. The maximum Gasteiger partial charge on any atom is 0.406 e. The van der Waals surface area contributed by atoms with Crippen molar-refractivity contribution in [3.63, 3.8) is 0 Å². The van der Waals surface area contributed by atoms with Crippen molar-refractivity contribution >= 4 is 11.9 Å². The molecule has 2 aliphatic rings. The lowest BCUT2D eigenvalue weighted by molar-refractivity contribution is -0.227. The number of carbonyl (C=O) groups excluding carboxylic acids is 1. The molecule has 1 N–H and O–H groups in total. The molecule has 1 fully saturated rings. The van der Waals surface area contributed by atoms with Crippen LogP contribution in [0.1, 0.15) is 6.42 Å². The van der Waals surface area contributed by atoms with E-state index >= 15 is 0 Å². The van der Waals surface area contributed by atoms with Crippen molar-refractivity contribution in [2.45, 2.75) is 12.6 Å². The molecule has 1 unspecified atom stereocenters. The third-order valence-corrected chi connectivity index (χ3v) is 3.37. The molecule has 9 heteroatoms. The fourth-order valence-electron chi connectivity index (χ4n) is 2.15. The van der Waals surface area contributed by atoms with Crippen LogP contribution in [0.4, 0.5) is 13.2 Å². The first kappa shape index (κ1) is 14.5. The van der Waals surface area contributed by atoms with E-state index in [0.717, 1.165) is 11.2 Å². The van der Waals surface area contributed by atoms with Crippen LogP contribution in [0.5, 0.6) is 0 Å². The predicted molar refractivity (Wildman–Crippen MR) is 57.3 cm³/mol. The van der Waals surface area contributed by atoms with Gasteiger partial charge in [-0.05, 0) is 6.42 Å². The summed E-state index contributed by atoms with van der Waals surface area (Å²) in [6, 6.07) is 0. The first-order valence-corrected chi connectivity index (χ1v) is 5.82. The van der Waals surface area contributed by atoms with Gasteiger partial charge >= 0.3 is 12.1 Å². The standard InChI is InChI=1S/C11H12F3NO5/c12-11(13,14)10(9(17)18)1-2-15(6-10)8(16)7-5-19-3-4-20-7/h5H,1-4,6H2,(H,17,18). The average molecular weight is 295 g/mol. The molecule has 0 aromatic heterocycles. The van der Waals surface area contributed by atoms with E-state index in [1.165, 1.54) is 0 Å². The van der Waals surface area contributed by atoms with Crippen LogP contribution in [0.2, 0.25) is 0 Å². The van der Waals surface area contributed by atoms with Crippen molar-refractivity contribution in [1.29, 1.82) is 0 Å². The van der Waals surface area contributed by atoms with Crippen LogP contribution >= 0.6 is 0 Å². The molecular weight excluding hydrogens is 283 g/mol.